The molecule has 1 saturated carbocycles. The van der Waals surface area contributed by atoms with E-state index in [1.54, 1.807) is 0 Å². The minimum Gasteiger partial charge on any atom is -0.458 e. The first-order valence-electron chi connectivity index (χ1n) is 12.8. The quantitative estimate of drug-likeness (QED) is 0.252. The molecule has 36 heavy (non-hydrogen) atoms. The lowest BCUT2D eigenvalue weighted by Gasteiger charge is -2.35. The fourth-order valence-corrected chi connectivity index (χ4v) is 5.23. The number of hydrogen-bond acceptors (Lipinski definition) is 7. The molecule has 0 N–H and O–H groups in total. The number of ether oxygens (including phenoxy) is 3. The van der Waals surface area contributed by atoms with Crippen LogP contribution in [0.3, 0.4) is 0 Å². The zero-order chi connectivity index (χ0) is 25.2. The molecule has 1 aliphatic heterocycles. The van der Waals surface area contributed by atoms with Crippen LogP contribution in [0.25, 0.3) is 10.8 Å². The summed E-state index contributed by atoms with van der Waals surface area (Å²) < 4.78 is 16.7. The molecule has 7 nitrogen and oxygen atoms in total. The summed E-state index contributed by atoms with van der Waals surface area (Å²) in [5.41, 5.74) is 1.11. The summed E-state index contributed by atoms with van der Waals surface area (Å²) in [5.74, 6) is -0.00625. The van der Waals surface area contributed by atoms with Crippen LogP contribution in [-0.2, 0) is 35.2 Å². The van der Waals surface area contributed by atoms with Crippen molar-refractivity contribution in [2.75, 3.05) is 32.9 Å². The molecular formula is C29H35NO6. The largest absolute Gasteiger partial charge is 0.458 e. The first-order valence-corrected chi connectivity index (χ1v) is 12.8. The zero-order valence-corrected chi connectivity index (χ0v) is 20.7. The van der Waals surface area contributed by atoms with E-state index in [1.807, 2.05) is 18.2 Å². The Morgan fingerprint density at radius 2 is 1.83 bits per heavy atom. The van der Waals surface area contributed by atoms with Gasteiger partial charge in [-0.15, -0.1) is 0 Å². The van der Waals surface area contributed by atoms with Gasteiger partial charge in [0.05, 0.1) is 32.0 Å². The average Bonchev–Trinajstić information content (AvgIpc) is 3.23. The molecule has 0 bridgehead atoms. The molecule has 1 aliphatic carbocycles. The summed E-state index contributed by atoms with van der Waals surface area (Å²) in [5, 5.41) is 2.38. The number of fused-ring (bicyclic) bond motifs is 1. The van der Waals surface area contributed by atoms with Gasteiger partial charge in [0, 0.05) is 31.8 Å². The standard InChI is InChI=1S/C29H35NO6/c31-15-18-35-28(33)10-4-2-1-3-9-25-27(20-26(32)29(25)30-13-16-34-17-14-30)36-21-22-11-12-23-7-5-6-8-24(23)19-22/h1-2,5-8,11-12,15,19,25,27,29H,3-4,9-10,13-14,16-18,20-21H2. The second kappa shape index (κ2) is 13.4. The molecule has 2 aromatic rings. The highest BCUT2D eigenvalue weighted by Gasteiger charge is 2.45. The third-order valence-corrected chi connectivity index (χ3v) is 6.99. The van der Waals surface area contributed by atoms with Crippen molar-refractivity contribution in [3.63, 3.8) is 0 Å². The van der Waals surface area contributed by atoms with E-state index in [0.717, 1.165) is 31.5 Å². The third-order valence-electron chi connectivity index (χ3n) is 6.99. The molecule has 1 heterocycles. The summed E-state index contributed by atoms with van der Waals surface area (Å²) in [6.45, 7) is 3.13. The molecule has 1 saturated heterocycles. The van der Waals surface area contributed by atoms with Crippen molar-refractivity contribution in [1.82, 2.24) is 4.90 Å². The van der Waals surface area contributed by atoms with E-state index in [4.69, 9.17) is 14.2 Å². The second-order valence-corrected chi connectivity index (χ2v) is 9.40. The number of Topliss-reactive ketones (excluding diaryl/α,β-unsaturated/α-hetero) is 1. The number of allylic oxidation sites excluding steroid dienone is 2. The average molecular weight is 494 g/mol. The maximum absolute atomic E-state index is 13.1. The van der Waals surface area contributed by atoms with Crippen LogP contribution in [0.5, 0.6) is 0 Å². The van der Waals surface area contributed by atoms with Gasteiger partial charge in [0.2, 0.25) is 0 Å². The van der Waals surface area contributed by atoms with Gasteiger partial charge < -0.3 is 14.2 Å². The van der Waals surface area contributed by atoms with Gasteiger partial charge in [-0.2, -0.15) is 0 Å². The van der Waals surface area contributed by atoms with Crippen molar-refractivity contribution in [3.05, 3.63) is 60.2 Å². The maximum atomic E-state index is 13.1. The van der Waals surface area contributed by atoms with Crippen molar-refractivity contribution in [2.45, 2.75) is 50.9 Å². The number of nitrogens with zero attached hydrogens (tertiary/aromatic N) is 1. The van der Waals surface area contributed by atoms with Gasteiger partial charge in [-0.3, -0.25) is 19.3 Å². The molecule has 2 aromatic carbocycles. The van der Waals surface area contributed by atoms with Gasteiger partial charge in [0.15, 0.2) is 12.1 Å². The monoisotopic (exact) mass is 493 g/mol. The number of benzene rings is 2. The normalized spacial score (nSPS) is 22.9. The van der Waals surface area contributed by atoms with Gasteiger partial charge in [0.1, 0.15) is 6.61 Å². The van der Waals surface area contributed by atoms with E-state index >= 15 is 0 Å². The van der Waals surface area contributed by atoms with Crippen molar-refractivity contribution in [2.24, 2.45) is 5.92 Å². The highest BCUT2D eigenvalue weighted by molar-refractivity contribution is 5.87. The summed E-state index contributed by atoms with van der Waals surface area (Å²) in [6.07, 6.45) is 7.37. The molecule has 192 valence electrons. The Hall–Kier alpha value is -2.87. The van der Waals surface area contributed by atoms with Crippen LogP contribution >= 0.6 is 0 Å². The zero-order valence-electron chi connectivity index (χ0n) is 20.7. The van der Waals surface area contributed by atoms with Gasteiger partial charge in [-0.1, -0.05) is 48.6 Å². The fraction of sp³-hybridized carbons (Fsp3) is 0.483. The molecule has 0 radical (unpaired) electrons. The predicted molar refractivity (Wildman–Crippen MR) is 136 cm³/mol. The van der Waals surface area contributed by atoms with E-state index in [1.165, 1.54) is 10.8 Å². The lowest BCUT2D eigenvalue weighted by molar-refractivity contribution is -0.145. The van der Waals surface area contributed by atoms with E-state index < -0.39 is 0 Å². The Balaban J connectivity index is 1.36. The summed E-state index contributed by atoms with van der Waals surface area (Å²) in [6, 6.07) is 14.5. The molecule has 2 fully saturated rings. The molecule has 3 atom stereocenters. The number of rotatable bonds is 12. The van der Waals surface area contributed by atoms with E-state index in [0.29, 0.717) is 38.9 Å². The Bertz CT molecular complexity index is 1060. The Morgan fingerprint density at radius 3 is 2.64 bits per heavy atom. The van der Waals surface area contributed by atoms with Gasteiger partial charge in [-0.25, -0.2) is 0 Å². The van der Waals surface area contributed by atoms with Gasteiger partial charge in [-0.05, 0) is 41.7 Å². The molecule has 0 amide bonds. The predicted octanol–water partition coefficient (Wildman–Crippen LogP) is 3.87. The number of hydrogen-bond donors (Lipinski definition) is 0. The Kier molecular flexibility index (Phi) is 9.78. The maximum Gasteiger partial charge on any atom is 0.306 e. The van der Waals surface area contributed by atoms with Crippen LogP contribution in [0.1, 0.15) is 37.7 Å². The minimum absolute atomic E-state index is 0.110. The number of aldehydes is 1. The van der Waals surface area contributed by atoms with Crippen molar-refractivity contribution >= 4 is 28.8 Å². The number of morpholine rings is 1. The molecular weight excluding hydrogens is 458 g/mol. The highest BCUT2D eigenvalue weighted by Crippen LogP contribution is 2.35. The Labute approximate surface area is 212 Å². The lowest BCUT2D eigenvalue weighted by atomic mass is 9.93. The SMILES string of the molecule is O=CCOC(=O)CCC=CCCC1C(OCc2ccc3ccccc3c2)CC(=O)C1N1CCOCC1. The van der Waals surface area contributed by atoms with E-state index in [2.05, 4.69) is 41.3 Å². The van der Waals surface area contributed by atoms with Crippen molar-refractivity contribution in [1.29, 1.82) is 0 Å². The third kappa shape index (κ3) is 7.09. The lowest BCUT2D eigenvalue weighted by Crippen LogP contribution is -2.49. The molecule has 0 aromatic heterocycles. The van der Waals surface area contributed by atoms with Crippen LogP contribution in [0.4, 0.5) is 0 Å². The van der Waals surface area contributed by atoms with Gasteiger partial charge >= 0.3 is 5.97 Å². The fourth-order valence-electron chi connectivity index (χ4n) is 5.23. The van der Waals surface area contributed by atoms with E-state index in [-0.39, 0.29) is 42.8 Å². The van der Waals surface area contributed by atoms with Crippen LogP contribution in [0.2, 0.25) is 0 Å². The molecule has 7 heteroatoms. The first kappa shape index (κ1) is 26.2. The number of carbonyl (C=O) groups excluding carboxylic acids is 3. The smallest absolute Gasteiger partial charge is 0.306 e. The van der Waals surface area contributed by atoms with Crippen LogP contribution in [-0.4, -0.2) is 68.0 Å². The summed E-state index contributed by atoms with van der Waals surface area (Å²) >= 11 is 0. The molecule has 2 aliphatic rings. The number of carbonyl (C=O) groups is 3. The minimum atomic E-state index is -0.373. The van der Waals surface area contributed by atoms with E-state index in [9.17, 15) is 14.4 Å². The van der Waals surface area contributed by atoms with Crippen molar-refractivity contribution < 1.29 is 28.6 Å². The molecule has 3 unspecified atom stereocenters. The first-order chi connectivity index (χ1) is 17.7. The molecule has 0 spiro atoms. The Morgan fingerprint density at radius 1 is 1.06 bits per heavy atom. The molecule has 4 rings (SSSR count). The van der Waals surface area contributed by atoms with Crippen LogP contribution in [0, 0.1) is 5.92 Å². The summed E-state index contributed by atoms with van der Waals surface area (Å²) in [7, 11) is 0. The highest BCUT2D eigenvalue weighted by atomic mass is 16.5. The van der Waals surface area contributed by atoms with Crippen molar-refractivity contribution in [3.8, 4) is 0 Å². The number of ketones is 1. The number of esters is 1. The van der Waals surface area contributed by atoms with Crippen LogP contribution < -0.4 is 0 Å². The van der Waals surface area contributed by atoms with Gasteiger partial charge in [0.25, 0.3) is 0 Å². The topological polar surface area (TPSA) is 82.1 Å². The second-order valence-electron chi connectivity index (χ2n) is 9.40. The summed E-state index contributed by atoms with van der Waals surface area (Å²) in [4.78, 5) is 37.2. The van der Waals surface area contributed by atoms with Crippen LogP contribution in [0.15, 0.2) is 54.6 Å².